The molecule has 23 heavy (non-hydrogen) atoms. The smallest absolute Gasteiger partial charge is 0.127 e. The number of nitrogens with zero attached hydrogens (tertiary/aromatic N) is 2. The number of anilines is 1. The number of methoxy groups -OCH3 is 2. The first-order chi connectivity index (χ1) is 11.2. The fourth-order valence-corrected chi connectivity index (χ4v) is 2.95. The molecule has 0 amide bonds. The van der Waals surface area contributed by atoms with Crippen LogP contribution in [0.5, 0.6) is 11.5 Å². The molecule has 6 heteroatoms. The quantitative estimate of drug-likeness (QED) is 0.856. The third-order valence-corrected chi connectivity index (χ3v) is 4.34. The van der Waals surface area contributed by atoms with E-state index in [-0.39, 0.29) is 6.04 Å². The molecule has 0 bridgehead atoms. The van der Waals surface area contributed by atoms with Crippen molar-refractivity contribution in [3.05, 3.63) is 36.0 Å². The van der Waals surface area contributed by atoms with Crippen LogP contribution in [0, 0.1) is 5.92 Å². The normalized spacial score (nSPS) is 18.0. The molecule has 1 aliphatic heterocycles. The van der Waals surface area contributed by atoms with E-state index in [4.69, 9.17) is 9.47 Å². The van der Waals surface area contributed by atoms with Crippen LogP contribution in [0.25, 0.3) is 0 Å². The van der Waals surface area contributed by atoms with Gasteiger partial charge in [-0.05, 0) is 13.0 Å². The molecule has 0 unspecified atom stereocenters. The molecule has 2 N–H and O–H groups in total. The van der Waals surface area contributed by atoms with Crippen molar-refractivity contribution in [3.63, 3.8) is 0 Å². The average molecular weight is 316 g/mol. The summed E-state index contributed by atoms with van der Waals surface area (Å²) in [6, 6.07) is 8.16. The zero-order valence-corrected chi connectivity index (χ0v) is 13.9. The van der Waals surface area contributed by atoms with Crippen LogP contribution in [0.2, 0.25) is 0 Å². The zero-order valence-electron chi connectivity index (χ0n) is 13.9. The number of fused-ring (bicyclic) bond motifs is 1. The van der Waals surface area contributed by atoms with Crippen molar-refractivity contribution in [2.75, 3.05) is 32.6 Å². The molecule has 0 saturated heterocycles. The fraction of sp³-hybridized carbons (Fsp3) is 0.471. The predicted octanol–water partition coefficient (Wildman–Crippen LogP) is 2.29. The van der Waals surface area contributed by atoms with Crippen molar-refractivity contribution in [3.8, 4) is 11.5 Å². The van der Waals surface area contributed by atoms with Gasteiger partial charge in [0.1, 0.15) is 17.3 Å². The first-order valence-corrected chi connectivity index (χ1v) is 7.92. The molecule has 0 saturated carbocycles. The lowest BCUT2D eigenvalue weighted by Crippen LogP contribution is -2.36. The van der Waals surface area contributed by atoms with Gasteiger partial charge in [-0.15, -0.1) is 0 Å². The fourth-order valence-electron chi connectivity index (χ4n) is 2.95. The molecule has 0 radical (unpaired) electrons. The summed E-state index contributed by atoms with van der Waals surface area (Å²) in [6.07, 6.45) is 1.84. The summed E-state index contributed by atoms with van der Waals surface area (Å²) in [6.45, 7) is 4.97. The minimum Gasteiger partial charge on any atom is -0.497 e. The molecule has 124 valence electrons. The Hall–Kier alpha value is -2.21. The summed E-state index contributed by atoms with van der Waals surface area (Å²) in [5.74, 6) is 3.26. The molecule has 1 aliphatic rings. The number of ether oxygens (including phenoxy) is 2. The van der Waals surface area contributed by atoms with Gasteiger partial charge in [-0.2, -0.15) is 5.10 Å². The van der Waals surface area contributed by atoms with Gasteiger partial charge < -0.3 is 20.1 Å². The van der Waals surface area contributed by atoms with E-state index in [0.717, 1.165) is 42.5 Å². The number of hydrogen-bond acceptors (Lipinski definition) is 5. The van der Waals surface area contributed by atoms with E-state index in [1.165, 1.54) is 0 Å². The lowest BCUT2D eigenvalue weighted by molar-refractivity contribution is 0.364. The van der Waals surface area contributed by atoms with E-state index in [2.05, 4.69) is 28.7 Å². The first-order valence-electron chi connectivity index (χ1n) is 7.92. The van der Waals surface area contributed by atoms with Gasteiger partial charge >= 0.3 is 0 Å². The Morgan fingerprint density at radius 2 is 2.22 bits per heavy atom. The minimum atomic E-state index is 0.204. The van der Waals surface area contributed by atoms with Crippen molar-refractivity contribution in [2.45, 2.75) is 19.5 Å². The molecule has 0 spiro atoms. The van der Waals surface area contributed by atoms with Gasteiger partial charge in [0.15, 0.2) is 0 Å². The number of nitrogens with one attached hydrogen (secondary N) is 2. The largest absolute Gasteiger partial charge is 0.497 e. The summed E-state index contributed by atoms with van der Waals surface area (Å²) in [4.78, 5) is 0. The minimum absolute atomic E-state index is 0.204. The molecule has 3 rings (SSSR count). The molecule has 2 atom stereocenters. The van der Waals surface area contributed by atoms with Crippen molar-refractivity contribution in [1.29, 1.82) is 0 Å². The summed E-state index contributed by atoms with van der Waals surface area (Å²) in [7, 11) is 3.35. The topological polar surface area (TPSA) is 60.3 Å². The monoisotopic (exact) mass is 316 g/mol. The second kappa shape index (κ2) is 6.91. The second-order valence-corrected chi connectivity index (χ2v) is 5.88. The highest BCUT2D eigenvalue weighted by Crippen LogP contribution is 2.29. The Bertz CT molecular complexity index is 656. The zero-order chi connectivity index (χ0) is 16.2. The van der Waals surface area contributed by atoms with E-state index < -0.39 is 0 Å². The summed E-state index contributed by atoms with van der Waals surface area (Å²) >= 11 is 0. The first kappa shape index (κ1) is 15.7. The molecule has 1 aromatic heterocycles. The molecule has 2 heterocycles. The van der Waals surface area contributed by atoms with Crippen molar-refractivity contribution < 1.29 is 9.47 Å². The van der Waals surface area contributed by atoms with Crippen LogP contribution in [0.15, 0.2) is 30.5 Å². The Morgan fingerprint density at radius 1 is 1.35 bits per heavy atom. The van der Waals surface area contributed by atoms with Gasteiger partial charge in [-0.25, -0.2) is 4.68 Å². The van der Waals surface area contributed by atoms with Gasteiger partial charge in [0.05, 0.1) is 20.4 Å². The van der Waals surface area contributed by atoms with Crippen LogP contribution >= 0.6 is 0 Å². The lowest BCUT2D eigenvalue weighted by atomic mass is 10.0. The average Bonchev–Trinajstić information content (AvgIpc) is 3.06. The van der Waals surface area contributed by atoms with Crippen molar-refractivity contribution in [2.24, 2.45) is 5.92 Å². The predicted molar refractivity (Wildman–Crippen MR) is 90.2 cm³/mol. The Kier molecular flexibility index (Phi) is 4.71. The molecule has 2 aromatic rings. The van der Waals surface area contributed by atoms with E-state index in [1.54, 1.807) is 14.2 Å². The van der Waals surface area contributed by atoms with E-state index in [0.29, 0.717) is 5.92 Å². The molecule has 1 aromatic carbocycles. The van der Waals surface area contributed by atoms with E-state index >= 15 is 0 Å². The lowest BCUT2D eigenvalue weighted by Gasteiger charge is -2.27. The van der Waals surface area contributed by atoms with Gasteiger partial charge in [0.2, 0.25) is 0 Å². The van der Waals surface area contributed by atoms with Gasteiger partial charge in [-0.3, -0.25) is 0 Å². The van der Waals surface area contributed by atoms with E-state index in [1.807, 2.05) is 29.1 Å². The van der Waals surface area contributed by atoms with Crippen LogP contribution in [-0.2, 0) is 6.54 Å². The van der Waals surface area contributed by atoms with Crippen LogP contribution in [0.4, 0.5) is 5.82 Å². The highest BCUT2D eigenvalue weighted by Gasteiger charge is 2.19. The number of hydrogen-bond donors (Lipinski definition) is 2. The third kappa shape index (κ3) is 3.42. The second-order valence-electron chi connectivity index (χ2n) is 5.88. The van der Waals surface area contributed by atoms with E-state index in [9.17, 15) is 0 Å². The number of benzene rings is 1. The maximum atomic E-state index is 5.49. The van der Waals surface area contributed by atoms with Crippen LogP contribution in [0.3, 0.4) is 0 Å². The summed E-state index contributed by atoms with van der Waals surface area (Å²) in [5.41, 5.74) is 1.14. The molecule has 0 aliphatic carbocycles. The maximum Gasteiger partial charge on any atom is 0.127 e. The SMILES string of the molecule is COc1ccc([C@@H](C)NC[C@H]2CNc3ccnn3C2)c(OC)c1. The van der Waals surface area contributed by atoms with Gasteiger partial charge in [0, 0.05) is 49.3 Å². The van der Waals surface area contributed by atoms with Crippen LogP contribution < -0.4 is 20.1 Å². The highest BCUT2D eigenvalue weighted by molar-refractivity contribution is 5.42. The maximum absolute atomic E-state index is 5.49. The standard InChI is InChI=1S/C17H24N4O2/c1-12(15-5-4-14(22-2)8-16(15)23-3)18-9-13-10-19-17-6-7-20-21(17)11-13/h4-8,12-13,18-19H,9-11H2,1-3H3/t12-,13+/m1/s1. The van der Waals surface area contributed by atoms with Gasteiger partial charge in [-0.1, -0.05) is 6.07 Å². The summed E-state index contributed by atoms with van der Waals surface area (Å²) < 4.78 is 12.8. The van der Waals surface area contributed by atoms with Crippen LogP contribution in [0.1, 0.15) is 18.5 Å². The Balaban J connectivity index is 1.60. The van der Waals surface area contributed by atoms with Crippen molar-refractivity contribution >= 4 is 5.82 Å². The molecular formula is C17H24N4O2. The highest BCUT2D eigenvalue weighted by atomic mass is 16.5. The molecular weight excluding hydrogens is 292 g/mol. The van der Waals surface area contributed by atoms with Crippen molar-refractivity contribution in [1.82, 2.24) is 15.1 Å². The third-order valence-electron chi connectivity index (χ3n) is 4.34. The summed E-state index contributed by atoms with van der Waals surface area (Å²) in [5, 5.41) is 11.3. The van der Waals surface area contributed by atoms with Gasteiger partial charge in [0.25, 0.3) is 0 Å². The number of rotatable bonds is 6. The number of aromatic nitrogens is 2. The Labute approximate surface area is 136 Å². The Morgan fingerprint density at radius 3 is 3.00 bits per heavy atom. The molecule has 6 nitrogen and oxygen atoms in total. The molecule has 0 fully saturated rings. The van der Waals surface area contributed by atoms with Crippen LogP contribution in [-0.4, -0.2) is 37.1 Å².